The lowest BCUT2D eigenvalue weighted by atomic mass is 10.0. The van der Waals surface area contributed by atoms with Crippen molar-refractivity contribution in [2.45, 2.75) is 32.1 Å². The summed E-state index contributed by atoms with van der Waals surface area (Å²) in [7, 11) is 0. The number of thiophene rings is 1. The van der Waals surface area contributed by atoms with Gasteiger partial charge in [-0.3, -0.25) is 4.98 Å². The summed E-state index contributed by atoms with van der Waals surface area (Å²) in [4.78, 5) is 6.96. The fourth-order valence-corrected chi connectivity index (χ4v) is 3.23. The third-order valence-electron chi connectivity index (χ3n) is 3.05. The summed E-state index contributed by atoms with van der Waals surface area (Å²) in [6, 6.07) is 8.16. The van der Waals surface area contributed by atoms with Crippen molar-refractivity contribution in [3.05, 3.63) is 51.5 Å². The summed E-state index contributed by atoms with van der Waals surface area (Å²) in [5, 5.41) is 0.00213. The molecular formula is C14H16ClNS. The Bertz CT molecular complexity index is 473. The van der Waals surface area contributed by atoms with Crippen molar-refractivity contribution >= 4 is 22.9 Å². The second kappa shape index (κ2) is 5.19. The number of halogens is 1. The zero-order valence-electron chi connectivity index (χ0n) is 10.3. The van der Waals surface area contributed by atoms with E-state index in [2.05, 4.69) is 31.8 Å². The van der Waals surface area contributed by atoms with Crippen LogP contribution in [0.15, 0.2) is 30.5 Å². The fourth-order valence-electron chi connectivity index (χ4n) is 1.78. The van der Waals surface area contributed by atoms with Gasteiger partial charge in [0.1, 0.15) is 0 Å². The number of alkyl halides is 1. The van der Waals surface area contributed by atoms with Gasteiger partial charge in [0.15, 0.2) is 0 Å². The Morgan fingerprint density at radius 2 is 2.06 bits per heavy atom. The van der Waals surface area contributed by atoms with Gasteiger partial charge in [0, 0.05) is 27.6 Å². The zero-order valence-corrected chi connectivity index (χ0v) is 11.8. The average Bonchev–Trinajstić information content (AvgIpc) is 2.69. The maximum Gasteiger partial charge on any atom is 0.0759 e. The Hall–Kier alpha value is -0.860. The fraction of sp³-hybridized carbons (Fsp3) is 0.357. The van der Waals surface area contributed by atoms with Crippen LogP contribution in [0.3, 0.4) is 0 Å². The summed E-state index contributed by atoms with van der Waals surface area (Å²) in [6.45, 7) is 6.40. The monoisotopic (exact) mass is 265 g/mol. The Kier molecular flexibility index (Phi) is 3.85. The molecule has 0 aliphatic carbocycles. The number of aromatic nitrogens is 1. The lowest BCUT2D eigenvalue weighted by molar-refractivity contribution is 0.715. The maximum absolute atomic E-state index is 6.55. The van der Waals surface area contributed by atoms with Crippen LogP contribution in [0.5, 0.6) is 0 Å². The first-order valence-electron chi connectivity index (χ1n) is 5.71. The Balaban J connectivity index is 2.23. The van der Waals surface area contributed by atoms with Crippen molar-refractivity contribution in [3.8, 4) is 0 Å². The molecule has 2 heterocycles. The summed E-state index contributed by atoms with van der Waals surface area (Å²) in [5.74, 6) is 0.232. The van der Waals surface area contributed by atoms with Crippen LogP contribution in [0.25, 0.3) is 0 Å². The SMILES string of the molecule is Cc1cc(C(Cl)C(C)c2ccccn2)sc1C. The van der Waals surface area contributed by atoms with Gasteiger partial charge >= 0.3 is 0 Å². The minimum Gasteiger partial charge on any atom is -0.261 e. The lowest BCUT2D eigenvalue weighted by Crippen LogP contribution is -2.02. The standard InChI is InChI=1S/C14H16ClNS/c1-9-8-13(17-11(9)3)14(15)10(2)12-6-4-5-7-16-12/h4-8,10,14H,1-3H3. The van der Waals surface area contributed by atoms with Crippen molar-refractivity contribution in [3.63, 3.8) is 0 Å². The molecular weight excluding hydrogens is 250 g/mol. The van der Waals surface area contributed by atoms with Crippen LogP contribution in [-0.2, 0) is 0 Å². The number of hydrogen-bond donors (Lipinski definition) is 0. The van der Waals surface area contributed by atoms with Crippen molar-refractivity contribution in [2.24, 2.45) is 0 Å². The Labute approximate surface area is 111 Å². The number of aryl methyl sites for hydroxylation is 2. The van der Waals surface area contributed by atoms with Crippen LogP contribution in [0.2, 0.25) is 0 Å². The molecule has 17 heavy (non-hydrogen) atoms. The summed E-state index contributed by atoms with van der Waals surface area (Å²) in [6.07, 6.45) is 1.82. The lowest BCUT2D eigenvalue weighted by Gasteiger charge is -2.15. The van der Waals surface area contributed by atoms with Gasteiger partial charge in [0.2, 0.25) is 0 Å². The number of nitrogens with zero attached hydrogens (tertiary/aromatic N) is 1. The maximum atomic E-state index is 6.55. The highest BCUT2D eigenvalue weighted by Crippen LogP contribution is 2.39. The predicted molar refractivity (Wildman–Crippen MR) is 75.0 cm³/mol. The van der Waals surface area contributed by atoms with Crippen LogP contribution >= 0.6 is 22.9 Å². The van der Waals surface area contributed by atoms with Crippen molar-refractivity contribution in [1.82, 2.24) is 4.98 Å². The molecule has 0 bridgehead atoms. The molecule has 0 spiro atoms. The number of rotatable bonds is 3. The van der Waals surface area contributed by atoms with E-state index >= 15 is 0 Å². The molecule has 0 radical (unpaired) electrons. The highest BCUT2D eigenvalue weighted by Gasteiger charge is 2.21. The minimum absolute atomic E-state index is 0.00213. The normalized spacial score (nSPS) is 14.6. The quantitative estimate of drug-likeness (QED) is 0.724. The molecule has 2 aromatic rings. The zero-order chi connectivity index (χ0) is 12.4. The molecule has 0 fully saturated rings. The summed E-state index contributed by atoms with van der Waals surface area (Å²) in [5.41, 5.74) is 2.38. The molecule has 0 saturated heterocycles. The Morgan fingerprint density at radius 1 is 1.29 bits per heavy atom. The van der Waals surface area contributed by atoms with Gasteiger partial charge in [0.25, 0.3) is 0 Å². The molecule has 0 N–H and O–H groups in total. The van der Waals surface area contributed by atoms with E-state index in [9.17, 15) is 0 Å². The predicted octanol–water partition coefficient (Wildman–Crippen LogP) is 4.84. The van der Waals surface area contributed by atoms with Gasteiger partial charge in [-0.2, -0.15) is 0 Å². The highest BCUT2D eigenvalue weighted by atomic mass is 35.5. The first kappa shape index (κ1) is 12.6. The molecule has 2 rings (SSSR count). The van der Waals surface area contributed by atoms with E-state index in [0.29, 0.717) is 0 Å². The van der Waals surface area contributed by atoms with E-state index < -0.39 is 0 Å². The molecule has 0 aliphatic rings. The van der Waals surface area contributed by atoms with E-state index in [-0.39, 0.29) is 11.3 Å². The molecule has 0 aliphatic heterocycles. The van der Waals surface area contributed by atoms with E-state index in [1.54, 1.807) is 11.3 Å². The second-order valence-electron chi connectivity index (χ2n) is 4.33. The van der Waals surface area contributed by atoms with E-state index in [4.69, 9.17) is 11.6 Å². The topological polar surface area (TPSA) is 12.9 Å². The molecule has 2 atom stereocenters. The molecule has 3 heteroatoms. The van der Waals surface area contributed by atoms with Crippen LogP contribution in [0.4, 0.5) is 0 Å². The third-order valence-corrected chi connectivity index (χ3v) is 5.03. The number of hydrogen-bond acceptors (Lipinski definition) is 2. The summed E-state index contributed by atoms with van der Waals surface area (Å²) >= 11 is 8.33. The minimum atomic E-state index is 0.00213. The second-order valence-corrected chi connectivity index (χ2v) is 6.09. The molecule has 0 amide bonds. The first-order chi connectivity index (χ1) is 8.09. The van der Waals surface area contributed by atoms with Gasteiger partial charge in [-0.1, -0.05) is 13.0 Å². The molecule has 2 aromatic heterocycles. The van der Waals surface area contributed by atoms with Gasteiger partial charge in [-0.25, -0.2) is 0 Å². The van der Waals surface area contributed by atoms with Crippen LogP contribution < -0.4 is 0 Å². The largest absolute Gasteiger partial charge is 0.261 e. The van der Waals surface area contributed by atoms with Gasteiger partial charge in [-0.15, -0.1) is 22.9 Å². The number of pyridine rings is 1. The highest BCUT2D eigenvalue weighted by molar-refractivity contribution is 7.12. The summed E-state index contributed by atoms with van der Waals surface area (Å²) < 4.78 is 0. The van der Waals surface area contributed by atoms with E-state index in [1.165, 1.54) is 15.3 Å². The van der Waals surface area contributed by atoms with Crippen molar-refractivity contribution in [1.29, 1.82) is 0 Å². The molecule has 90 valence electrons. The van der Waals surface area contributed by atoms with Crippen LogP contribution in [0, 0.1) is 13.8 Å². The molecule has 0 saturated carbocycles. The third kappa shape index (κ3) is 2.70. The average molecular weight is 266 g/mol. The molecule has 2 unspecified atom stereocenters. The van der Waals surface area contributed by atoms with E-state index in [1.807, 2.05) is 24.4 Å². The first-order valence-corrected chi connectivity index (χ1v) is 6.97. The van der Waals surface area contributed by atoms with Crippen LogP contribution in [0.1, 0.15) is 39.2 Å². The van der Waals surface area contributed by atoms with Crippen molar-refractivity contribution < 1.29 is 0 Å². The molecule has 0 aromatic carbocycles. The van der Waals surface area contributed by atoms with Gasteiger partial charge < -0.3 is 0 Å². The molecule has 1 nitrogen and oxygen atoms in total. The smallest absolute Gasteiger partial charge is 0.0759 e. The van der Waals surface area contributed by atoms with Gasteiger partial charge in [-0.05, 0) is 37.6 Å². The van der Waals surface area contributed by atoms with E-state index in [0.717, 1.165) is 5.69 Å². The van der Waals surface area contributed by atoms with Crippen LogP contribution in [-0.4, -0.2) is 4.98 Å². The van der Waals surface area contributed by atoms with Crippen molar-refractivity contribution in [2.75, 3.05) is 0 Å². The van der Waals surface area contributed by atoms with Gasteiger partial charge in [0.05, 0.1) is 5.38 Å². The Morgan fingerprint density at radius 3 is 2.59 bits per heavy atom.